The fourth-order valence-electron chi connectivity index (χ4n) is 5.37. The van der Waals surface area contributed by atoms with Crippen LogP contribution in [0.3, 0.4) is 0 Å². The van der Waals surface area contributed by atoms with E-state index in [1.807, 2.05) is 0 Å². The van der Waals surface area contributed by atoms with Crippen molar-refractivity contribution in [3.63, 3.8) is 0 Å². The summed E-state index contributed by atoms with van der Waals surface area (Å²) in [5.74, 6) is 2.05. The number of nitrogens with one attached hydrogen (secondary N) is 3. The van der Waals surface area contributed by atoms with Gasteiger partial charge in [0, 0.05) is 25.2 Å². The topological polar surface area (TPSA) is 78.0 Å². The summed E-state index contributed by atoms with van der Waals surface area (Å²) in [7, 11) is 0. The Morgan fingerprint density at radius 1 is 0.719 bits per heavy atom. The number of hydrogen-bond donors (Lipinski definition) is 3. The van der Waals surface area contributed by atoms with Crippen LogP contribution in [0.5, 0.6) is 0 Å². The van der Waals surface area contributed by atoms with E-state index in [-0.39, 0.29) is 0 Å². The van der Waals surface area contributed by atoms with Crippen molar-refractivity contribution in [3.8, 4) is 0 Å². The Kier molecular flexibility index (Phi) is 7.01. The van der Waals surface area contributed by atoms with Gasteiger partial charge in [-0.05, 0) is 62.7 Å². The highest BCUT2D eigenvalue weighted by molar-refractivity contribution is 5.45. The molecule has 7 nitrogen and oxygen atoms in total. The zero-order valence-corrected chi connectivity index (χ0v) is 19.2. The highest BCUT2D eigenvalue weighted by Gasteiger charge is 2.22. The lowest BCUT2D eigenvalue weighted by atomic mass is 9.96. The summed E-state index contributed by atoms with van der Waals surface area (Å²) in [5.41, 5.74) is 2.86. The van der Waals surface area contributed by atoms with E-state index in [2.05, 4.69) is 45.1 Å². The molecular formula is C25H37N7. The minimum atomic E-state index is 0.332. The molecule has 32 heavy (non-hydrogen) atoms. The zero-order valence-electron chi connectivity index (χ0n) is 19.2. The standard InChI is InChI=1S/C25H37N7/c1-3-11-21(12-4-1)27-24-29-23(26-13-16-32-14-7-2-8-15-32)30-25(31-24)28-22-17-19-9-5-6-10-20(19)18-22/h5-6,9-10,21-22H,1-4,7-8,11-18H2,(H3,26,27,28,29,30,31). The Bertz CT molecular complexity index is 849. The van der Waals surface area contributed by atoms with Gasteiger partial charge < -0.3 is 20.9 Å². The van der Waals surface area contributed by atoms with Crippen LogP contribution < -0.4 is 16.0 Å². The van der Waals surface area contributed by atoms with E-state index in [1.54, 1.807) is 0 Å². The molecule has 0 atom stereocenters. The van der Waals surface area contributed by atoms with E-state index >= 15 is 0 Å². The van der Waals surface area contributed by atoms with E-state index in [0.29, 0.717) is 29.9 Å². The first-order valence-corrected chi connectivity index (χ1v) is 12.6. The van der Waals surface area contributed by atoms with Gasteiger partial charge in [0.05, 0.1) is 0 Å². The first-order valence-electron chi connectivity index (χ1n) is 12.6. The molecule has 1 aromatic heterocycles. The van der Waals surface area contributed by atoms with E-state index in [4.69, 9.17) is 15.0 Å². The Hall–Kier alpha value is -2.41. The number of anilines is 3. The second-order valence-corrected chi connectivity index (χ2v) is 9.63. The summed E-state index contributed by atoms with van der Waals surface area (Å²) in [5, 5.41) is 10.7. The molecule has 2 aromatic rings. The van der Waals surface area contributed by atoms with Gasteiger partial charge >= 0.3 is 0 Å². The number of likely N-dealkylation sites (tertiary alicyclic amines) is 1. The molecule has 3 aliphatic rings. The van der Waals surface area contributed by atoms with Gasteiger partial charge in [-0.25, -0.2) is 0 Å². The van der Waals surface area contributed by atoms with Crippen LogP contribution in [0.25, 0.3) is 0 Å². The lowest BCUT2D eigenvalue weighted by Crippen LogP contribution is -2.34. The van der Waals surface area contributed by atoms with Gasteiger partial charge in [0.15, 0.2) is 0 Å². The number of benzene rings is 1. The highest BCUT2D eigenvalue weighted by Crippen LogP contribution is 2.25. The van der Waals surface area contributed by atoms with Crippen molar-refractivity contribution in [3.05, 3.63) is 35.4 Å². The normalized spacial score (nSPS) is 20.1. The molecule has 0 bridgehead atoms. The average molecular weight is 436 g/mol. The number of aromatic nitrogens is 3. The molecule has 1 aliphatic heterocycles. The third-order valence-corrected chi connectivity index (χ3v) is 7.12. The Balaban J connectivity index is 1.25. The molecule has 0 radical (unpaired) electrons. The SMILES string of the molecule is c1ccc2c(c1)CC(Nc1nc(NCCN3CCCCC3)nc(NC3CCCCC3)n1)C2. The lowest BCUT2D eigenvalue weighted by Gasteiger charge is -2.26. The Morgan fingerprint density at radius 2 is 1.31 bits per heavy atom. The number of hydrogen-bond acceptors (Lipinski definition) is 7. The van der Waals surface area contributed by atoms with Gasteiger partial charge in [0.1, 0.15) is 0 Å². The summed E-state index contributed by atoms with van der Waals surface area (Å²) in [6, 6.07) is 9.51. The molecule has 0 spiro atoms. The summed E-state index contributed by atoms with van der Waals surface area (Å²) in [6.07, 6.45) is 12.4. The Morgan fingerprint density at radius 3 is 2.00 bits per heavy atom. The molecule has 3 N–H and O–H groups in total. The monoisotopic (exact) mass is 435 g/mol. The maximum atomic E-state index is 4.76. The van der Waals surface area contributed by atoms with Crippen LogP contribution in [0.4, 0.5) is 17.8 Å². The van der Waals surface area contributed by atoms with Crippen molar-refractivity contribution in [2.24, 2.45) is 0 Å². The van der Waals surface area contributed by atoms with Crippen LogP contribution in [0.2, 0.25) is 0 Å². The molecule has 2 heterocycles. The van der Waals surface area contributed by atoms with Crippen molar-refractivity contribution >= 4 is 17.8 Å². The molecule has 5 rings (SSSR count). The smallest absolute Gasteiger partial charge is 0.229 e. The van der Waals surface area contributed by atoms with Crippen LogP contribution >= 0.6 is 0 Å². The second-order valence-electron chi connectivity index (χ2n) is 9.63. The molecule has 2 aliphatic carbocycles. The highest BCUT2D eigenvalue weighted by atomic mass is 15.3. The maximum absolute atomic E-state index is 4.76. The molecule has 2 fully saturated rings. The molecule has 172 valence electrons. The van der Waals surface area contributed by atoms with Crippen LogP contribution in [0, 0.1) is 0 Å². The number of fused-ring (bicyclic) bond motifs is 1. The quantitative estimate of drug-likeness (QED) is 0.576. The van der Waals surface area contributed by atoms with Gasteiger partial charge in [-0.1, -0.05) is 49.9 Å². The molecule has 1 saturated heterocycles. The van der Waals surface area contributed by atoms with Crippen LogP contribution in [0.15, 0.2) is 24.3 Å². The third-order valence-electron chi connectivity index (χ3n) is 7.12. The molecule has 1 aromatic carbocycles. The minimum Gasteiger partial charge on any atom is -0.353 e. The predicted molar refractivity (Wildman–Crippen MR) is 130 cm³/mol. The number of rotatable bonds is 8. The predicted octanol–water partition coefficient (Wildman–Crippen LogP) is 4.09. The largest absolute Gasteiger partial charge is 0.353 e. The summed E-state index contributed by atoms with van der Waals surface area (Å²) in [4.78, 5) is 16.7. The lowest BCUT2D eigenvalue weighted by molar-refractivity contribution is 0.237. The van der Waals surface area contributed by atoms with Crippen molar-refractivity contribution in [2.75, 3.05) is 42.1 Å². The van der Waals surface area contributed by atoms with Gasteiger partial charge in [-0.3, -0.25) is 0 Å². The van der Waals surface area contributed by atoms with E-state index in [9.17, 15) is 0 Å². The van der Waals surface area contributed by atoms with Gasteiger partial charge in [0.25, 0.3) is 0 Å². The van der Waals surface area contributed by atoms with Gasteiger partial charge in [0.2, 0.25) is 17.8 Å². The van der Waals surface area contributed by atoms with Crippen molar-refractivity contribution in [1.82, 2.24) is 19.9 Å². The third kappa shape index (κ3) is 5.68. The van der Waals surface area contributed by atoms with E-state index in [0.717, 1.165) is 25.9 Å². The fourth-order valence-corrected chi connectivity index (χ4v) is 5.37. The first kappa shape index (κ1) is 21.4. The van der Waals surface area contributed by atoms with Gasteiger partial charge in [-0.2, -0.15) is 15.0 Å². The Labute approximate surface area is 191 Å². The molecule has 1 saturated carbocycles. The number of piperidine rings is 1. The van der Waals surface area contributed by atoms with E-state index < -0.39 is 0 Å². The van der Waals surface area contributed by atoms with Crippen molar-refractivity contribution in [1.29, 1.82) is 0 Å². The molecule has 0 amide bonds. The van der Waals surface area contributed by atoms with Crippen molar-refractivity contribution in [2.45, 2.75) is 76.3 Å². The summed E-state index contributed by atoms with van der Waals surface area (Å²) >= 11 is 0. The molecular weight excluding hydrogens is 398 g/mol. The first-order chi connectivity index (χ1) is 15.8. The fraction of sp³-hybridized carbons (Fsp3) is 0.640. The summed E-state index contributed by atoms with van der Waals surface area (Å²) in [6.45, 7) is 4.32. The van der Waals surface area contributed by atoms with Crippen LogP contribution in [-0.2, 0) is 12.8 Å². The van der Waals surface area contributed by atoms with Crippen LogP contribution in [0.1, 0.15) is 62.5 Å². The zero-order chi connectivity index (χ0) is 21.6. The van der Waals surface area contributed by atoms with Crippen molar-refractivity contribution < 1.29 is 0 Å². The van der Waals surface area contributed by atoms with Gasteiger partial charge in [-0.15, -0.1) is 0 Å². The van der Waals surface area contributed by atoms with Crippen LogP contribution in [-0.4, -0.2) is 58.1 Å². The average Bonchev–Trinajstić information content (AvgIpc) is 3.23. The number of nitrogens with zero attached hydrogens (tertiary/aromatic N) is 4. The summed E-state index contributed by atoms with van der Waals surface area (Å²) < 4.78 is 0. The molecule has 0 unspecified atom stereocenters. The second kappa shape index (κ2) is 10.5. The maximum Gasteiger partial charge on any atom is 0.229 e. The molecule has 7 heteroatoms. The van der Waals surface area contributed by atoms with E-state index in [1.165, 1.54) is 75.6 Å². The minimum absolute atomic E-state index is 0.332.